The predicted molar refractivity (Wildman–Crippen MR) is 139 cm³/mol. The monoisotopic (exact) mass is 508 g/mol. The standard InChI is InChI=1S/C29H24N4O5/c34-25-12-16(17-10-11-30-22-6-2-1-4-18(17)22)13-26(35)20(25)14-31-23-7-3-5-19-21(23)15-33(29(19)38)24-8-9-27(36)32-28(24)37/h1-7,10-11,14,16,24,34H,8-9,12-13,15H2,(H,32,36,37). The molecule has 3 amide bonds. The van der Waals surface area contributed by atoms with Gasteiger partial charge in [0.1, 0.15) is 11.8 Å². The van der Waals surface area contributed by atoms with Crippen molar-refractivity contribution in [1.29, 1.82) is 0 Å². The van der Waals surface area contributed by atoms with Crippen LogP contribution in [0.15, 0.2) is 71.1 Å². The van der Waals surface area contributed by atoms with Crippen LogP contribution >= 0.6 is 0 Å². The fraction of sp³-hybridized carbons (Fsp3) is 0.241. The number of hydrogen-bond donors (Lipinski definition) is 2. The number of nitrogens with zero attached hydrogens (tertiary/aromatic N) is 3. The molecule has 38 heavy (non-hydrogen) atoms. The Morgan fingerprint density at radius 3 is 2.68 bits per heavy atom. The fourth-order valence-corrected chi connectivity index (χ4v) is 5.57. The van der Waals surface area contributed by atoms with Crippen molar-refractivity contribution in [2.45, 2.75) is 44.2 Å². The quantitative estimate of drug-likeness (QED) is 0.409. The molecule has 1 saturated heterocycles. The van der Waals surface area contributed by atoms with Crippen LogP contribution in [0.1, 0.15) is 53.1 Å². The zero-order valence-electron chi connectivity index (χ0n) is 20.4. The fourth-order valence-electron chi connectivity index (χ4n) is 5.57. The van der Waals surface area contributed by atoms with E-state index in [0.29, 0.717) is 23.2 Å². The Bertz CT molecular complexity index is 1590. The second-order valence-electron chi connectivity index (χ2n) is 9.77. The maximum Gasteiger partial charge on any atom is 0.255 e. The SMILES string of the molecule is O=C1CCC(N2Cc3c(N=CC4=C(O)CC(c5ccnc6ccccc56)CC4=O)cccc3C2=O)C(=O)N1. The van der Waals surface area contributed by atoms with Gasteiger partial charge in [-0.05, 0) is 42.2 Å². The number of allylic oxidation sites excluding steroid dienone is 2. The number of aliphatic imine (C=N–C) groups is 1. The number of para-hydroxylation sites is 1. The van der Waals surface area contributed by atoms with Crippen LogP contribution in [0, 0.1) is 0 Å². The molecule has 3 aliphatic rings. The molecule has 6 rings (SSSR count). The minimum absolute atomic E-state index is 0.0234. The molecule has 1 aliphatic carbocycles. The lowest BCUT2D eigenvalue weighted by Crippen LogP contribution is -2.52. The number of nitrogens with one attached hydrogen (secondary N) is 1. The van der Waals surface area contributed by atoms with Gasteiger partial charge in [0.15, 0.2) is 5.78 Å². The van der Waals surface area contributed by atoms with Crippen LogP contribution in [0.4, 0.5) is 5.69 Å². The third-order valence-electron chi connectivity index (χ3n) is 7.50. The normalized spacial score (nSPS) is 21.9. The summed E-state index contributed by atoms with van der Waals surface area (Å²) in [7, 11) is 0. The van der Waals surface area contributed by atoms with Crippen LogP contribution in [-0.4, -0.2) is 50.8 Å². The number of benzene rings is 2. The predicted octanol–water partition coefficient (Wildman–Crippen LogP) is 3.66. The lowest BCUT2D eigenvalue weighted by Gasteiger charge is -2.29. The smallest absolute Gasteiger partial charge is 0.255 e. The number of ketones is 1. The summed E-state index contributed by atoms with van der Waals surface area (Å²) in [5, 5.41) is 14.1. The number of aliphatic hydroxyl groups excluding tert-OH is 1. The van der Waals surface area contributed by atoms with Crippen molar-refractivity contribution in [1.82, 2.24) is 15.2 Å². The van der Waals surface area contributed by atoms with E-state index in [-0.39, 0.29) is 60.7 Å². The summed E-state index contributed by atoms with van der Waals surface area (Å²) >= 11 is 0. The van der Waals surface area contributed by atoms with Crippen LogP contribution < -0.4 is 5.32 Å². The average Bonchev–Trinajstić information content (AvgIpc) is 3.24. The molecule has 2 aliphatic heterocycles. The Morgan fingerprint density at radius 2 is 1.87 bits per heavy atom. The zero-order chi connectivity index (χ0) is 26.4. The van der Waals surface area contributed by atoms with Gasteiger partial charge in [-0.15, -0.1) is 0 Å². The van der Waals surface area contributed by atoms with Crippen molar-refractivity contribution in [3.05, 3.63) is 82.8 Å². The van der Waals surface area contributed by atoms with Crippen molar-refractivity contribution >= 4 is 46.3 Å². The molecule has 9 heteroatoms. The number of amides is 3. The summed E-state index contributed by atoms with van der Waals surface area (Å²) in [6.45, 7) is 0.171. The van der Waals surface area contributed by atoms with Gasteiger partial charge < -0.3 is 10.0 Å². The molecular formula is C29H24N4O5. The summed E-state index contributed by atoms with van der Waals surface area (Å²) in [4.78, 5) is 60.3. The minimum Gasteiger partial charge on any atom is -0.511 e. The number of pyridine rings is 1. The molecule has 190 valence electrons. The van der Waals surface area contributed by atoms with Gasteiger partial charge in [0.2, 0.25) is 11.8 Å². The first-order chi connectivity index (χ1) is 18.4. The highest BCUT2D eigenvalue weighted by Gasteiger charge is 2.40. The third kappa shape index (κ3) is 4.06. The molecular weight excluding hydrogens is 484 g/mol. The number of imide groups is 1. The average molecular weight is 509 g/mol. The zero-order valence-corrected chi connectivity index (χ0v) is 20.4. The first-order valence-electron chi connectivity index (χ1n) is 12.5. The van der Waals surface area contributed by atoms with Gasteiger partial charge in [-0.2, -0.15) is 0 Å². The summed E-state index contributed by atoms with van der Waals surface area (Å²) in [5.41, 5.74) is 3.53. The van der Waals surface area contributed by atoms with Crippen molar-refractivity contribution in [3.63, 3.8) is 0 Å². The number of fused-ring (bicyclic) bond motifs is 2. The largest absolute Gasteiger partial charge is 0.511 e. The summed E-state index contributed by atoms with van der Waals surface area (Å²) < 4.78 is 0. The first-order valence-corrected chi connectivity index (χ1v) is 12.5. The number of Topliss-reactive ketones (excluding diaryl/α,β-unsaturated/α-hetero) is 1. The Morgan fingerprint density at radius 1 is 1.03 bits per heavy atom. The number of rotatable bonds is 4. The lowest BCUT2D eigenvalue weighted by molar-refractivity contribution is -0.137. The topological polar surface area (TPSA) is 129 Å². The van der Waals surface area contributed by atoms with Crippen LogP contribution in [0.5, 0.6) is 0 Å². The van der Waals surface area contributed by atoms with Gasteiger partial charge in [-0.25, -0.2) is 0 Å². The van der Waals surface area contributed by atoms with Gasteiger partial charge in [0.05, 0.1) is 16.8 Å². The summed E-state index contributed by atoms with van der Waals surface area (Å²) in [6.07, 6.45) is 4.06. The van der Waals surface area contributed by atoms with E-state index < -0.39 is 11.9 Å². The number of aromatic nitrogens is 1. The first kappa shape index (κ1) is 23.7. The molecule has 3 heterocycles. The van der Waals surface area contributed by atoms with Gasteiger partial charge in [0, 0.05) is 54.7 Å². The molecule has 2 N–H and O–H groups in total. The van der Waals surface area contributed by atoms with Crippen molar-refractivity contribution in [2.24, 2.45) is 4.99 Å². The Hall–Kier alpha value is -4.66. The van der Waals surface area contributed by atoms with Gasteiger partial charge >= 0.3 is 0 Å². The summed E-state index contributed by atoms with van der Waals surface area (Å²) in [6, 6.07) is 14.0. The molecule has 2 unspecified atom stereocenters. The molecule has 9 nitrogen and oxygen atoms in total. The van der Waals surface area contributed by atoms with Crippen LogP contribution in [0.25, 0.3) is 10.9 Å². The summed E-state index contributed by atoms with van der Waals surface area (Å²) in [5.74, 6) is -1.53. The van der Waals surface area contributed by atoms with Crippen molar-refractivity contribution in [3.8, 4) is 0 Å². The van der Waals surface area contributed by atoms with Crippen LogP contribution in [0.3, 0.4) is 0 Å². The molecule has 2 aromatic carbocycles. The van der Waals surface area contributed by atoms with Crippen LogP contribution in [-0.2, 0) is 20.9 Å². The molecule has 1 aromatic heterocycles. The van der Waals surface area contributed by atoms with E-state index in [1.807, 2.05) is 30.3 Å². The van der Waals surface area contributed by atoms with E-state index in [2.05, 4.69) is 15.3 Å². The number of hydrogen-bond acceptors (Lipinski definition) is 7. The van der Waals surface area contributed by atoms with Gasteiger partial charge in [-0.3, -0.25) is 34.5 Å². The maximum absolute atomic E-state index is 13.1. The highest BCUT2D eigenvalue weighted by molar-refractivity contribution is 6.15. The van der Waals surface area contributed by atoms with E-state index in [1.54, 1.807) is 24.4 Å². The second-order valence-corrected chi connectivity index (χ2v) is 9.77. The minimum atomic E-state index is -0.725. The Balaban J connectivity index is 1.25. The Kier molecular flexibility index (Phi) is 5.83. The molecule has 0 bridgehead atoms. The number of carbonyl (C=O) groups is 4. The van der Waals surface area contributed by atoms with Crippen molar-refractivity contribution < 1.29 is 24.3 Å². The van der Waals surface area contributed by atoms with E-state index >= 15 is 0 Å². The molecule has 3 aromatic rings. The Labute approximate surface area is 217 Å². The van der Waals surface area contributed by atoms with Gasteiger partial charge in [0.25, 0.3) is 5.91 Å². The van der Waals surface area contributed by atoms with Crippen molar-refractivity contribution in [2.75, 3.05) is 0 Å². The second kappa shape index (κ2) is 9.33. The van der Waals surface area contributed by atoms with E-state index in [1.165, 1.54) is 11.1 Å². The number of carbonyl (C=O) groups excluding carboxylic acids is 4. The lowest BCUT2D eigenvalue weighted by atomic mass is 9.82. The molecule has 1 fully saturated rings. The molecule has 0 radical (unpaired) electrons. The highest BCUT2D eigenvalue weighted by Crippen LogP contribution is 2.37. The number of aliphatic hydroxyl groups is 1. The molecule has 0 saturated carbocycles. The maximum atomic E-state index is 13.1. The highest BCUT2D eigenvalue weighted by atomic mass is 16.3. The van der Waals surface area contributed by atoms with E-state index in [4.69, 9.17) is 0 Å². The molecule has 0 spiro atoms. The molecule has 2 atom stereocenters. The van der Waals surface area contributed by atoms with Gasteiger partial charge in [-0.1, -0.05) is 24.3 Å². The van der Waals surface area contributed by atoms with E-state index in [9.17, 15) is 24.3 Å². The van der Waals surface area contributed by atoms with Crippen LogP contribution in [0.2, 0.25) is 0 Å². The van der Waals surface area contributed by atoms with E-state index in [0.717, 1.165) is 16.5 Å². The third-order valence-corrected chi connectivity index (χ3v) is 7.50. The number of piperidine rings is 1.